The van der Waals surface area contributed by atoms with Gasteiger partial charge in [0, 0.05) is 45.2 Å². The van der Waals surface area contributed by atoms with E-state index in [0.29, 0.717) is 11.8 Å². The van der Waals surface area contributed by atoms with Crippen LogP contribution in [0.15, 0.2) is 30.3 Å². The minimum atomic E-state index is 0.488. The molecule has 0 N–H and O–H groups in total. The minimum absolute atomic E-state index is 0.488. The Bertz CT molecular complexity index is 653. The van der Waals surface area contributed by atoms with Crippen molar-refractivity contribution in [3.05, 3.63) is 47.5 Å². The van der Waals surface area contributed by atoms with Gasteiger partial charge in [0.25, 0.3) is 0 Å². The van der Waals surface area contributed by atoms with Crippen LogP contribution in [-0.4, -0.2) is 52.5 Å². The fourth-order valence-electron chi connectivity index (χ4n) is 3.95. The van der Waals surface area contributed by atoms with Crippen molar-refractivity contribution in [2.24, 2.45) is 0 Å². The Morgan fingerprint density at radius 1 is 1.12 bits per heavy atom. The van der Waals surface area contributed by atoms with Crippen molar-refractivity contribution in [3.63, 3.8) is 0 Å². The van der Waals surface area contributed by atoms with Gasteiger partial charge in [-0.15, -0.1) is 0 Å². The van der Waals surface area contributed by atoms with Gasteiger partial charge in [-0.25, -0.2) is 9.67 Å². The first-order chi connectivity index (χ1) is 12.3. The molecule has 1 atom stereocenters. The second kappa shape index (κ2) is 7.67. The maximum absolute atomic E-state index is 5.46. The molecular weight excluding hydrogens is 312 g/mol. The molecule has 0 aliphatic carbocycles. The van der Waals surface area contributed by atoms with Crippen LogP contribution >= 0.6 is 0 Å². The lowest BCUT2D eigenvalue weighted by atomic mass is 10.00. The third-order valence-electron chi connectivity index (χ3n) is 5.53. The summed E-state index contributed by atoms with van der Waals surface area (Å²) in [5, 5.41) is 4.83. The molecule has 1 unspecified atom stereocenters. The van der Waals surface area contributed by atoms with Crippen molar-refractivity contribution in [1.29, 1.82) is 0 Å². The van der Waals surface area contributed by atoms with E-state index in [1.165, 1.54) is 5.56 Å². The molecule has 0 spiro atoms. The highest BCUT2D eigenvalue weighted by molar-refractivity contribution is 5.19. The fourth-order valence-corrected chi connectivity index (χ4v) is 3.95. The summed E-state index contributed by atoms with van der Waals surface area (Å²) in [6.45, 7) is 8.19. The van der Waals surface area contributed by atoms with Crippen LogP contribution in [0.1, 0.15) is 48.8 Å². The number of nitrogens with zero attached hydrogens (tertiary/aromatic N) is 4. The predicted molar refractivity (Wildman–Crippen MR) is 97.8 cm³/mol. The molecule has 5 nitrogen and oxygen atoms in total. The first-order valence-corrected chi connectivity index (χ1v) is 9.58. The zero-order chi connectivity index (χ0) is 17.1. The molecule has 0 bridgehead atoms. The van der Waals surface area contributed by atoms with Gasteiger partial charge in [0.15, 0.2) is 5.82 Å². The molecule has 1 aromatic heterocycles. The van der Waals surface area contributed by atoms with Crippen LogP contribution in [0.3, 0.4) is 0 Å². The van der Waals surface area contributed by atoms with Crippen LogP contribution < -0.4 is 0 Å². The summed E-state index contributed by atoms with van der Waals surface area (Å²) in [7, 11) is 0. The summed E-state index contributed by atoms with van der Waals surface area (Å²) in [6.07, 6.45) is 3.12. The molecule has 1 aromatic carbocycles. The molecule has 3 heterocycles. The second-order valence-electron chi connectivity index (χ2n) is 7.36. The summed E-state index contributed by atoms with van der Waals surface area (Å²) >= 11 is 0. The normalized spacial score (nSPS) is 20.8. The SMILES string of the molecule is CC(CN1CCc2nc(C3CCOCC3)nn2CC1)c1ccccc1. The highest BCUT2D eigenvalue weighted by Gasteiger charge is 2.24. The van der Waals surface area contributed by atoms with E-state index in [2.05, 4.69) is 46.8 Å². The van der Waals surface area contributed by atoms with E-state index in [1.54, 1.807) is 0 Å². The Kier molecular flexibility index (Phi) is 5.13. The summed E-state index contributed by atoms with van der Waals surface area (Å²) in [5.74, 6) is 3.25. The summed E-state index contributed by atoms with van der Waals surface area (Å²) in [5.41, 5.74) is 1.42. The van der Waals surface area contributed by atoms with Crippen LogP contribution in [-0.2, 0) is 17.7 Å². The third kappa shape index (κ3) is 3.93. The van der Waals surface area contributed by atoms with E-state index >= 15 is 0 Å². The number of ether oxygens (including phenoxy) is 1. The van der Waals surface area contributed by atoms with Gasteiger partial charge in [-0.05, 0) is 24.3 Å². The second-order valence-corrected chi connectivity index (χ2v) is 7.36. The molecule has 0 radical (unpaired) electrons. The zero-order valence-corrected chi connectivity index (χ0v) is 15.1. The molecule has 2 aromatic rings. The standard InChI is InChI=1S/C20H28N4O/c1-16(17-5-3-2-4-6-17)15-23-10-7-19-21-20(22-24(19)12-11-23)18-8-13-25-14-9-18/h2-6,16,18H,7-15H2,1H3. The van der Waals surface area contributed by atoms with Gasteiger partial charge in [-0.2, -0.15) is 5.10 Å². The van der Waals surface area contributed by atoms with Crippen LogP contribution in [0, 0.1) is 0 Å². The van der Waals surface area contributed by atoms with Crippen LogP contribution in [0.5, 0.6) is 0 Å². The Balaban J connectivity index is 1.37. The first kappa shape index (κ1) is 16.7. The number of hydrogen-bond acceptors (Lipinski definition) is 4. The molecule has 0 amide bonds. The number of fused-ring (bicyclic) bond motifs is 1. The van der Waals surface area contributed by atoms with Crippen LogP contribution in [0.4, 0.5) is 0 Å². The van der Waals surface area contributed by atoms with Gasteiger partial charge in [0.2, 0.25) is 0 Å². The average molecular weight is 340 g/mol. The zero-order valence-electron chi connectivity index (χ0n) is 15.1. The number of rotatable bonds is 4. The molecule has 1 fully saturated rings. The van der Waals surface area contributed by atoms with Gasteiger partial charge in [0.1, 0.15) is 5.82 Å². The first-order valence-electron chi connectivity index (χ1n) is 9.58. The van der Waals surface area contributed by atoms with E-state index in [0.717, 1.165) is 70.3 Å². The highest BCUT2D eigenvalue weighted by Crippen LogP contribution is 2.25. The molecule has 0 saturated carbocycles. The largest absolute Gasteiger partial charge is 0.381 e. The van der Waals surface area contributed by atoms with Crippen molar-refractivity contribution >= 4 is 0 Å². The van der Waals surface area contributed by atoms with Gasteiger partial charge < -0.3 is 9.64 Å². The smallest absolute Gasteiger partial charge is 0.154 e. The average Bonchev–Trinajstić information content (AvgIpc) is 2.99. The van der Waals surface area contributed by atoms with Gasteiger partial charge in [-0.1, -0.05) is 37.3 Å². The van der Waals surface area contributed by atoms with E-state index in [9.17, 15) is 0 Å². The topological polar surface area (TPSA) is 43.2 Å². The van der Waals surface area contributed by atoms with Gasteiger partial charge in [0.05, 0.1) is 6.54 Å². The lowest BCUT2D eigenvalue weighted by Gasteiger charge is -2.24. The number of aromatic nitrogens is 3. The van der Waals surface area contributed by atoms with Gasteiger partial charge in [-0.3, -0.25) is 0 Å². The van der Waals surface area contributed by atoms with Crippen molar-refractivity contribution < 1.29 is 4.74 Å². The highest BCUT2D eigenvalue weighted by atomic mass is 16.5. The Morgan fingerprint density at radius 2 is 1.92 bits per heavy atom. The quantitative estimate of drug-likeness (QED) is 0.858. The lowest BCUT2D eigenvalue weighted by Crippen LogP contribution is -2.31. The minimum Gasteiger partial charge on any atom is -0.381 e. The molecule has 2 aliphatic heterocycles. The molecule has 2 aliphatic rings. The number of benzene rings is 1. The van der Waals surface area contributed by atoms with Crippen LogP contribution in [0.2, 0.25) is 0 Å². The molecule has 1 saturated heterocycles. The monoisotopic (exact) mass is 340 g/mol. The molecule has 4 rings (SSSR count). The number of hydrogen-bond donors (Lipinski definition) is 0. The Hall–Kier alpha value is -1.72. The molecule has 25 heavy (non-hydrogen) atoms. The summed E-state index contributed by atoms with van der Waals surface area (Å²) in [6, 6.07) is 10.8. The van der Waals surface area contributed by atoms with Crippen molar-refractivity contribution in [2.75, 3.05) is 32.8 Å². The molecular formula is C20H28N4O. The third-order valence-corrected chi connectivity index (χ3v) is 5.53. The van der Waals surface area contributed by atoms with E-state index in [4.69, 9.17) is 14.8 Å². The Labute approximate surface area is 150 Å². The summed E-state index contributed by atoms with van der Waals surface area (Å²) < 4.78 is 7.61. The maximum Gasteiger partial charge on any atom is 0.154 e. The van der Waals surface area contributed by atoms with E-state index in [1.807, 2.05) is 0 Å². The van der Waals surface area contributed by atoms with Crippen molar-refractivity contribution in [1.82, 2.24) is 19.7 Å². The van der Waals surface area contributed by atoms with Crippen molar-refractivity contribution in [2.45, 2.75) is 44.6 Å². The lowest BCUT2D eigenvalue weighted by molar-refractivity contribution is 0.0835. The van der Waals surface area contributed by atoms with Crippen LogP contribution in [0.25, 0.3) is 0 Å². The molecule has 5 heteroatoms. The summed E-state index contributed by atoms with van der Waals surface area (Å²) in [4.78, 5) is 7.43. The van der Waals surface area contributed by atoms with Crippen molar-refractivity contribution in [3.8, 4) is 0 Å². The maximum atomic E-state index is 5.46. The molecule has 134 valence electrons. The fraction of sp³-hybridized carbons (Fsp3) is 0.600. The van der Waals surface area contributed by atoms with E-state index in [-0.39, 0.29) is 0 Å². The van der Waals surface area contributed by atoms with Gasteiger partial charge >= 0.3 is 0 Å². The Morgan fingerprint density at radius 3 is 2.72 bits per heavy atom. The van der Waals surface area contributed by atoms with E-state index < -0.39 is 0 Å². The predicted octanol–water partition coefficient (Wildman–Crippen LogP) is 2.83.